The predicted molar refractivity (Wildman–Crippen MR) is 73.4 cm³/mol. The molecule has 3 aliphatic rings. The lowest BCUT2D eigenvalue weighted by molar-refractivity contribution is -0.157. The van der Waals surface area contributed by atoms with E-state index in [1.54, 1.807) is 0 Å². The lowest BCUT2D eigenvalue weighted by atomic mass is 9.87. The second-order valence-corrected chi connectivity index (χ2v) is 6.44. The first kappa shape index (κ1) is 16.4. The van der Waals surface area contributed by atoms with Crippen LogP contribution in [0.1, 0.15) is 25.7 Å². The van der Waals surface area contributed by atoms with E-state index in [9.17, 15) is 22.8 Å². The minimum atomic E-state index is -4.45. The van der Waals surface area contributed by atoms with Crippen LogP contribution in [0.15, 0.2) is 0 Å². The molecule has 9 heteroatoms. The number of fused-ring (bicyclic) bond motifs is 2. The highest BCUT2D eigenvalue weighted by Gasteiger charge is 2.41. The Morgan fingerprint density at radius 3 is 2.74 bits per heavy atom. The van der Waals surface area contributed by atoms with Gasteiger partial charge in [-0.1, -0.05) is 0 Å². The number of alkyl halides is 3. The number of carbonyl (C=O) groups excluding carboxylic acids is 2. The quantitative estimate of drug-likeness (QED) is 0.843. The Balaban J connectivity index is 1.40. The average Bonchev–Trinajstić information content (AvgIpc) is 3.14. The predicted octanol–water partition coefficient (Wildman–Crippen LogP) is 1.32. The van der Waals surface area contributed by atoms with E-state index < -0.39 is 24.7 Å². The molecule has 0 aromatic carbocycles. The van der Waals surface area contributed by atoms with E-state index in [1.807, 2.05) is 0 Å². The van der Waals surface area contributed by atoms with Gasteiger partial charge in [0.05, 0.1) is 18.9 Å². The zero-order valence-electron chi connectivity index (χ0n) is 12.6. The first-order valence-corrected chi connectivity index (χ1v) is 7.84. The molecule has 0 aromatic rings. The van der Waals surface area contributed by atoms with Gasteiger partial charge in [-0.05, 0) is 31.6 Å². The average molecular weight is 335 g/mol. The summed E-state index contributed by atoms with van der Waals surface area (Å²) >= 11 is 0. The Kier molecular flexibility index (Phi) is 4.39. The van der Waals surface area contributed by atoms with Gasteiger partial charge in [0.15, 0.2) is 0 Å². The number of halogens is 3. The van der Waals surface area contributed by atoms with Crippen LogP contribution >= 0.6 is 0 Å². The molecule has 6 nitrogen and oxygen atoms in total. The van der Waals surface area contributed by atoms with Crippen molar-refractivity contribution in [2.45, 2.75) is 44.1 Å². The number of ether oxygens (including phenoxy) is 1. The second kappa shape index (κ2) is 6.18. The largest absolute Gasteiger partial charge is 0.406 e. The molecule has 3 rings (SSSR count). The Morgan fingerprint density at radius 1 is 1.35 bits per heavy atom. The number of nitrogens with one attached hydrogen (secondary N) is 1. The van der Waals surface area contributed by atoms with Crippen molar-refractivity contribution in [1.29, 1.82) is 0 Å². The summed E-state index contributed by atoms with van der Waals surface area (Å²) < 4.78 is 42.7. The summed E-state index contributed by atoms with van der Waals surface area (Å²) in [4.78, 5) is 25.2. The van der Waals surface area contributed by atoms with Crippen LogP contribution in [0, 0.1) is 5.92 Å². The molecule has 1 N–H and O–H groups in total. The Labute approximate surface area is 131 Å². The van der Waals surface area contributed by atoms with E-state index in [0.717, 1.165) is 30.6 Å². The van der Waals surface area contributed by atoms with Crippen molar-refractivity contribution in [3.05, 3.63) is 0 Å². The smallest absolute Gasteiger partial charge is 0.375 e. The molecular weight excluding hydrogens is 315 g/mol. The lowest BCUT2D eigenvalue weighted by Crippen LogP contribution is -2.41. The van der Waals surface area contributed by atoms with Crippen LogP contribution in [0.4, 0.5) is 18.0 Å². The van der Waals surface area contributed by atoms with Gasteiger partial charge in [0.25, 0.3) is 0 Å². The van der Waals surface area contributed by atoms with Gasteiger partial charge < -0.3 is 15.0 Å². The molecule has 3 amide bonds. The summed E-state index contributed by atoms with van der Waals surface area (Å²) in [6, 6.07) is -0.493. The molecule has 3 fully saturated rings. The SMILES string of the molecule is O=C1CN(C(=O)NCCC2CC3CCC2O3)CN1CC(F)(F)F. The minimum absolute atomic E-state index is 0.285. The summed E-state index contributed by atoms with van der Waals surface area (Å²) in [7, 11) is 0. The molecule has 3 heterocycles. The highest BCUT2D eigenvalue weighted by molar-refractivity contribution is 5.87. The van der Waals surface area contributed by atoms with Crippen molar-refractivity contribution in [2.75, 3.05) is 26.3 Å². The fourth-order valence-corrected chi connectivity index (χ4v) is 3.61. The maximum atomic E-state index is 12.3. The molecule has 3 atom stereocenters. The third kappa shape index (κ3) is 3.88. The van der Waals surface area contributed by atoms with Gasteiger partial charge in [-0.3, -0.25) is 9.69 Å². The van der Waals surface area contributed by atoms with Crippen molar-refractivity contribution in [1.82, 2.24) is 15.1 Å². The summed E-state index contributed by atoms with van der Waals surface area (Å²) in [5.74, 6) is -0.241. The Hall–Kier alpha value is -1.51. The number of rotatable bonds is 4. The van der Waals surface area contributed by atoms with Gasteiger partial charge in [-0.15, -0.1) is 0 Å². The third-order valence-electron chi connectivity index (χ3n) is 4.70. The zero-order valence-corrected chi connectivity index (χ0v) is 12.6. The zero-order chi connectivity index (χ0) is 16.6. The molecule has 0 aromatic heterocycles. The monoisotopic (exact) mass is 335 g/mol. The second-order valence-electron chi connectivity index (χ2n) is 6.44. The fourth-order valence-electron chi connectivity index (χ4n) is 3.61. The number of amides is 3. The standard InChI is InChI=1S/C14H20F3N3O3/c15-14(16,17)7-20-8-19(6-12(20)21)13(22)18-4-3-9-5-10-1-2-11(9)23-10/h9-11H,1-8H2,(H,18,22). The number of urea groups is 1. The van der Waals surface area contributed by atoms with Crippen molar-refractivity contribution >= 4 is 11.9 Å². The van der Waals surface area contributed by atoms with E-state index in [2.05, 4.69) is 5.32 Å². The summed E-state index contributed by atoms with van der Waals surface area (Å²) in [6.07, 6.45) is 0.169. The molecule has 3 aliphatic heterocycles. The number of hydrogen-bond acceptors (Lipinski definition) is 3. The van der Waals surface area contributed by atoms with Crippen LogP contribution in [0.25, 0.3) is 0 Å². The molecule has 0 radical (unpaired) electrons. The number of carbonyl (C=O) groups is 2. The minimum Gasteiger partial charge on any atom is -0.375 e. The van der Waals surface area contributed by atoms with E-state index in [1.165, 1.54) is 0 Å². The van der Waals surface area contributed by atoms with Crippen molar-refractivity contribution in [3.63, 3.8) is 0 Å². The molecule has 3 unspecified atom stereocenters. The molecule has 130 valence electrons. The maximum Gasteiger partial charge on any atom is 0.406 e. The Morgan fingerprint density at radius 2 is 2.13 bits per heavy atom. The summed E-state index contributed by atoms with van der Waals surface area (Å²) in [5, 5.41) is 2.69. The van der Waals surface area contributed by atoms with Crippen LogP contribution in [-0.4, -0.2) is 66.4 Å². The fraction of sp³-hybridized carbons (Fsp3) is 0.857. The molecule has 0 saturated carbocycles. The Bertz CT molecular complexity index is 486. The highest BCUT2D eigenvalue weighted by Crippen LogP contribution is 2.40. The summed E-state index contributed by atoms with van der Waals surface area (Å²) in [5.41, 5.74) is 0. The van der Waals surface area contributed by atoms with Gasteiger partial charge in [0.1, 0.15) is 13.1 Å². The van der Waals surface area contributed by atoms with E-state index in [0.29, 0.717) is 23.5 Å². The van der Waals surface area contributed by atoms with Crippen molar-refractivity contribution in [3.8, 4) is 0 Å². The molecular formula is C14H20F3N3O3. The van der Waals surface area contributed by atoms with Crippen LogP contribution in [0.5, 0.6) is 0 Å². The highest BCUT2D eigenvalue weighted by atomic mass is 19.4. The molecule has 0 spiro atoms. The van der Waals surface area contributed by atoms with Crippen LogP contribution in [-0.2, 0) is 9.53 Å². The summed E-state index contributed by atoms with van der Waals surface area (Å²) in [6.45, 7) is -1.50. The molecule has 23 heavy (non-hydrogen) atoms. The normalized spacial score (nSPS) is 30.4. The number of hydrogen-bond donors (Lipinski definition) is 1. The van der Waals surface area contributed by atoms with E-state index in [4.69, 9.17) is 4.74 Å². The lowest BCUT2D eigenvalue weighted by Gasteiger charge is -2.21. The maximum absolute atomic E-state index is 12.3. The van der Waals surface area contributed by atoms with Crippen molar-refractivity contribution < 1.29 is 27.5 Å². The van der Waals surface area contributed by atoms with Crippen LogP contribution < -0.4 is 5.32 Å². The molecule has 3 saturated heterocycles. The first-order chi connectivity index (χ1) is 10.8. The van der Waals surface area contributed by atoms with Gasteiger partial charge in [-0.2, -0.15) is 13.2 Å². The van der Waals surface area contributed by atoms with Crippen LogP contribution in [0.3, 0.4) is 0 Å². The van der Waals surface area contributed by atoms with Gasteiger partial charge >= 0.3 is 12.2 Å². The topological polar surface area (TPSA) is 61.9 Å². The van der Waals surface area contributed by atoms with E-state index >= 15 is 0 Å². The molecule has 0 aliphatic carbocycles. The third-order valence-corrected chi connectivity index (χ3v) is 4.70. The van der Waals surface area contributed by atoms with Crippen LogP contribution in [0.2, 0.25) is 0 Å². The van der Waals surface area contributed by atoms with Gasteiger partial charge in [-0.25, -0.2) is 4.79 Å². The van der Waals surface area contributed by atoms with E-state index in [-0.39, 0.29) is 19.3 Å². The van der Waals surface area contributed by atoms with Gasteiger partial charge in [0, 0.05) is 6.54 Å². The number of nitrogens with zero attached hydrogens (tertiary/aromatic N) is 2. The molecule has 2 bridgehead atoms. The van der Waals surface area contributed by atoms with Gasteiger partial charge in [0.2, 0.25) is 5.91 Å². The first-order valence-electron chi connectivity index (χ1n) is 7.84. The van der Waals surface area contributed by atoms with Crippen molar-refractivity contribution in [2.24, 2.45) is 5.92 Å².